The lowest BCUT2D eigenvalue weighted by molar-refractivity contribution is 0.220. The fraction of sp³-hybridized carbons (Fsp3) is 0.667. The quantitative estimate of drug-likeness (QED) is 0.802. The highest BCUT2D eigenvalue weighted by molar-refractivity contribution is 5.15. The minimum atomic E-state index is -0.155. The van der Waals surface area contributed by atoms with Crippen molar-refractivity contribution in [3.8, 4) is 0 Å². The third-order valence-corrected chi connectivity index (χ3v) is 4.54. The Bertz CT molecular complexity index is 404. The van der Waals surface area contributed by atoms with Gasteiger partial charge >= 0.3 is 0 Å². The fourth-order valence-corrected chi connectivity index (χ4v) is 3.50. The Hall–Kier alpha value is -0.930. The molecule has 118 valence electrons. The van der Waals surface area contributed by atoms with Gasteiger partial charge in [-0.2, -0.15) is 0 Å². The highest BCUT2D eigenvalue weighted by Gasteiger charge is 2.23. The third kappa shape index (κ3) is 5.40. The summed E-state index contributed by atoms with van der Waals surface area (Å²) in [5.41, 5.74) is 1.19. The minimum Gasteiger partial charge on any atom is -0.314 e. The van der Waals surface area contributed by atoms with E-state index in [0.29, 0.717) is 6.04 Å². The standard InChI is InChI=1S/C18H29FN2/c1-3-20-18-8-6-4-5-7-16(18)14-21(2)13-15-9-11-17(19)12-10-15/h9-12,16,18,20H,3-8,13-14H2,1-2H3. The topological polar surface area (TPSA) is 15.3 Å². The van der Waals surface area contributed by atoms with E-state index in [1.165, 1.54) is 37.7 Å². The van der Waals surface area contributed by atoms with Crippen molar-refractivity contribution >= 4 is 0 Å². The molecule has 1 saturated carbocycles. The van der Waals surface area contributed by atoms with E-state index in [-0.39, 0.29) is 5.82 Å². The van der Waals surface area contributed by atoms with Crippen molar-refractivity contribution in [3.05, 3.63) is 35.6 Å². The largest absolute Gasteiger partial charge is 0.314 e. The maximum atomic E-state index is 13.0. The van der Waals surface area contributed by atoms with E-state index in [2.05, 4.69) is 24.2 Å². The van der Waals surface area contributed by atoms with Crippen molar-refractivity contribution in [1.29, 1.82) is 0 Å². The number of benzene rings is 1. The number of hydrogen-bond donors (Lipinski definition) is 1. The van der Waals surface area contributed by atoms with Gasteiger partial charge in [0.05, 0.1) is 0 Å². The van der Waals surface area contributed by atoms with Crippen LogP contribution in [0, 0.1) is 11.7 Å². The molecule has 0 radical (unpaired) electrons. The zero-order valence-corrected chi connectivity index (χ0v) is 13.4. The second-order valence-electron chi connectivity index (χ2n) is 6.39. The number of nitrogens with one attached hydrogen (secondary N) is 1. The molecular weight excluding hydrogens is 263 g/mol. The Morgan fingerprint density at radius 1 is 1.14 bits per heavy atom. The van der Waals surface area contributed by atoms with E-state index in [1.54, 1.807) is 12.1 Å². The summed E-state index contributed by atoms with van der Waals surface area (Å²) in [5, 5.41) is 3.67. The first-order valence-corrected chi connectivity index (χ1v) is 8.35. The van der Waals surface area contributed by atoms with Gasteiger partial charge in [0, 0.05) is 19.1 Å². The van der Waals surface area contributed by atoms with Crippen LogP contribution in [0.4, 0.5) is 4.39 Å². The monoisotopic (exact) mass is 292 g/mol. The summed E-state index contributed by atoms with van der Waals surface area (Å²) in [7, 11) is 2.18. The van der Waals surface area contributed by atoms with Crippen LogP contribution in [0.1, 0.15) is 44.6 Å². The first kappa shape index (κ1) is 16.4. The van der Waals surface area contributed by atoms with Crippen molar-refractivity contribution in [2.75, 3.05) is 20.1 Å². The molecule has 2 rings (SSSR count). The number of hydrogen-bond acceptors (Lipinski definition) is 2. The van der Waals surface area contributed by atoms with Gasteiger partial charge in [0.2, 0.25) is 0 Å². The lowest BCUT2D eigenvalue weighted by Gasteiger charge is -2.30. The zero-order chi connectivity index (χ0) is 15.1. The van der Waals surface area contributed by atoms with E-state index < -0.39 is 0 Å². The number of rotatable bonds is 6. The third-order valence-electron chi connectivity index (χ3n) is 4.54. The average Bonchev–Trinajstić information content (AvgIpc) is 2.68. The average molecular weight is 292 g/mol. The van der Waals surface area contributed by atoms with Gasteiger partial charge in [-0.05, 0) is 50.0 Å². The molecule has 3 heteroatoms. The van der Waals surface area contributed by atoms with Crippen LogP contribution >= 0.6 is 0 Å². The van der Waals surface area contributed by atoms with Gasteiger partial charge < -0.3 is 10.2 Å². The van der Waals surface area contributed by atoms with Crippen molar-refractivity contribution in [1.82, 2.24) is 10.2 Å². The normalized spacial score (nSPS) is 23.2. The summed E-state index contributed by atoms with van der Waals surface area (Å²) >= 11 is 0. The molecule has 2 nitrogen and oxygen atoms in total. The van der Waals surface area contributed by atoms with Gasteiger partial charge in [-0.3, -0.25) is 0 Å². The summed E-state index contributed by atoms with van der Waals surface area (Å²) in [6.07, 6.45) is 6.72. The van der Waals surface area contributed by atoms with Crippen molar-refractivity contribution in [2.24, 2.45) is 5.92 Å². The highest BCUT2D eigenvalue weighted by atomic mass is 19.1. The van der Waals surface area contributed by atoms with Crippen molar-refractivity contribution < 1.29 is 4.39 Å². The molecule has 0 aromatic heterocycles. The zero-order valence-electron chi connectivity index (χ0n) is 13.4. The molecule has 1 aromatic carbocycles. The second kappa shape index (κ2) is 8.50. The van der Waals surface area contributed by atoms with E-state index in [1.807, 2.05) is 12.1 Å². The Balaban J connectivity index is 1.89. The van der Waals surface area contributed by atoms with Crippen LogP contribution in [0.3, 0.4) is 0 Å². The highest BCUT2D eigenvalue weighted by Crippen LogP contribution is 2.24. The van der Waals surface area contributed by atoms with Crippen LogP contribution in [0.5, 0.6) is 0 Å². The molecule has 0 amide bonds. The molecular formula is C18H29FN2. The summed E-state index contributed by atoms with van der Waals surface area (Å²) < 4.78 is 13.0. The molecule has 0 aliphatic heterocycles. The first-order valence-electron chi connectivity index (χ1n) is 8.35. The van der Waals surface area contributed by atoms with Crippen molar-refractivity contribution in [2.45, 2.75) is 51.6 Å². The molecule has 0 heterocycles. The van der Waals surface area contributed by atoms with Crippen LogP contribution in [0.2, 0.25) is 0 Å². The molecule has 1 aliphatic rings. The van der Waals surface area contributed by atoms with Gasteiger partial charge in [-0.1, -0.05) is 38.3 Å². The minimum absolute atomic E-state index is 0.155. The lowest BCUT2D eigenvalue weighted by atomic mass is 9.94. The maximum Gasteiger partial charge on any atom is 0.123 e. The molecule has 0 saturated heterocycles. The summed E-state index contributed by atoms with van der Waals surface area (Å²) in [5.74, 6) is 0.579. The Morgan fingerprint density at radius 3 is 2.57 bits per heavy atom. The van der Waals surface area contributed by atoms with Gasteiger partial charge in [-0.15, -0.1) is 0 Å². The van der Waals surface area contributed by atoms with Crippen LogP contribution in [-0.4, -0.2) is 31.1 Å². The predicted molar refractivity (Wildman–Crippen MR) is 86.8 cm³/mol. The molecule has 2 unspecified atom stereocenters. The smallest absolute Gasteiger partial charge is 0.123 e. The van der Waals surface area contributed by atoms with E-state index >= 15 is 0 Å². The number of halogens is 1. The SMILES string of the molecule is CCNC1CCCCCC1CN(C)Cc1ccc(F)cc1. The predicted octanol–water partition coefficient (Wildman–Crippen LogP) is 3.82. The van der Waals surface area contributed by atoms with Crippen LogP contribution in [0.15, 0.2) is 24.3 Å². The molecule has 1 fully saturated rings. The lowest BCUT2D eigenvalue weighted by Crippen LogP contribution is -2.40. The number of nitrogens with zero attached hydrogens (tertiary/aromatic N) is 1. The summed E-state index contributed by atoms with van der Waals surface area (Å²) in [6.45, 7) is 5.28. The Morgan fingerprint density at radius 2 is 1.86 bits per heavy atom. The molecule has 1 N–H and O–H groups in total. The maximum absolute atomic E-state index is 13.0. The summed E-state index contributed by atoms with van der Waals surface area (Å²) in [4.78, 5) is 2.38. The molecule has 0 bridgehead atoms. The van der Waals surface area contributed by atoms with E-state index in [9.17, 15) is 4.39 Å². The van der Waals surface area contributed by atoms with Gasteiger partial charge in [0.15, 0.2) is 0 Å². The summed E-state index contributed by atoms with van der Waals surface area (Å²) in [6, 6.07) is 7.54. The van der Waals surface area contributed by atoms with Gasteiger partial charge in [-0.25, -0.2) is 4.39 Å². The first-order chi connectivity index (χ1) is 10.2. The molecule has 1 aliphatic carbocycles. The Kier molecular flexibility index (Phi) is 6.65. The van der Waals surface area contributed by atoms with E-state index in [0.717, 1.165) is 25.6 Å². The molecule has 0 spiro atoms. The molecule has 2 atom stereocenters. The van der Waals surface area contributed by atoms with Crippen LogP contribution in [0.25, 0.3) is 0 Å². The van der Waals surface area contributed by atoms with Crippen LogP contribution < -0.4 is 5.32 Å². The second-order valence-corrected chi connectivity index (χ2v) is 6.39. The fourth-order valence-electron chi connectivity index (χ4n) is 3.50. The molecule has 21 heavy (non-hydrogen) atoms. The Labute approximate surface area is 128 Å². The van der Waals surface area contributed by atoms with Crippen molar-refractivity contribution in [3.63, 3.8) is 0 Å². The van der Waals surface area contributed by atoms with Crippen LogP contribution in [-0.2, 0) is 6.54 Å². The van der Waals surface area contributed by atoms with Gasteiger partial charge in [0.1, 0.15) is 5.82 Å². The molecule has 1 aromatic rings. The van der Waals surface area contributed by atoms with Gasteiger partial charge in [0.25, 0.3) is 0 Å². The van der Waals surface area contributed by atoms with E-state index in [4.69, 9.17) is 0 Å².